The molecule has 1 heterocycles. The van der Waals surface area contributed by atoms with Gasteiger partial charge in [0, 0.05) is 25.7 Å². The Morgan fingerprint density at radius 1 is 1.24 bits per heavy atom. The number of morpholine rings is 1. The molecule has 0 bridgehead atoms. The molecule has 2 fully saturated rings. The van der Waals surface area contributed by atoms with Crippen molar-refractivity contribution in [2.24, 2.45) is 5.41 Å². The van der Waals surface area contributed by atoms with Gasteiger partial charge in [-0.1, -0.05) is 32.6 Å². The van der Waals surface area contributed by atoms with E-state index in [1.165, 1.54) is 38.5 Å². The van der Waals surface area contributed by atoms with Gasteiger partial charge >= 0.3 is 0 Å². The molecule has 2 atom stereocenters. The first-order valence-electron chi connectivity index (χ1n) is 8.86. The summed E-state index contributed by atoms with van der Waals surface area (Å²) in [5.41, 5.74) is 0.415. The van der Waals surface area contributed by atoms with Gasteiger partial charge in [0.05, 0.1) is 19.3 Å². The maximum atomic E-state index is 9.39. The van der Waals surface area contributed by atoms with Gasteiger partial charge in [-0.15, -0.1) is 0 Å². The van der Waals surface area contributed by atoms with E-state index >= 15 is 0 Å². The number of aliphatic hydroxyl groups excluding tert-OH is 1. The minimum absolute atomic E-state index is 0.00293. The van der Waals surface area contributed by atoms with E-state index in [2.05, 4.69) is 24.1 Å². The van der Waals surface area contributed by atoms with E-state index in [0.29, 0.717) is 11.5 Å². The molecule has 0 aromatic heterocycles. The summed E-state index contributed by atoms with van der Waals surface area (Å²) in [7, 11) is 0. The monoisotopic (exact) mass is 298 g/mol. The normalized spacial score (nSPS) is 31.0. The molecule has 2 unspecified atom stereocenters. The van der Waals surface area contributed by atoms with Gasteiger partial charge in [0.2, 0.25) is 0 Å². The summed E-state index contributed by atoms with van der Waals surface area (Å²) in [4.78, 5) is 2.56. The Bertz CT molecular complexity index is 291. The van der Waals surface area contributed by atoms with Crippen molar-refractivity contribution in [3.8, 4) is 0 Å². The van der Waals surface area contributed by atoms with Crippen molar-refractivity contribution in [2.45, 2.75) is 64.5 Å². The lowest BCUT2D eigenvalue weighted by molar-refractivity contribution is -0.0892. The standard InChI is InChI=1S/C17H34N2O2/c1-3-18-13-17(8-6-4-5-7-9-17)14-19-10-16(11-20)21-12-15(19)2/h15-16,18,20H,3-14H2,1-2H3. The van der Waals surface area contributed by atoms with Crippen LogP contribution in [0.15, 0.2) is 0 Å². The number of rotatable bonds is 6. The van der Waals surface area contributed by atoms with E-state index in [4.69, 9.17) is 4.74 Å². The molecule has 1 aliphatic heterocycles. The Labute approximate surface area is 130 Å². The zero-order chi connectivity index (χ0) is 15.1. The van der Waals surface area contributed by atoms with Crippen LogP contribution in [0.1, 0.15) is 52.4 Å². The first-order valence-corrected chi connectivity index (χ1v) is 8.86. The molecule has 2 aliphatic rings. The zero-order valence-electron chi connectivity index (χ0n) is 13.9. The Balaban J connectivity index is 2.01. The van der Waals surface area contributed by atoms with Gasteiger partial charge in [-0.2, -0.15) is 0 Å². The minimum Gasteiger partial charge on any atom is -0.394 e. The first kappa shape index (κ1) is 17.2. The summed E-state index contributed by atoms with van der Waals surface area (Å²) >= 11 is 0. The quantitative estimate of drug-likeness (QED) is 0.737. The fraction of sp³-hybridized carbons (Fsp3) is 1.00. The van der Waals surface area contributed by atoms with Crippen molar-refractivity contribution >= 4 is 0 Å². The van der Waals surface area contributed by atoms with Crippen LogP contribution in [0.4, 0.5) is 0 Å². The van der Waals surface area contributed by atoms with E-state index < -0.39 is 0 Å². The van der Waals surface area contributed by atoms with E-state index in [1.54, 1.807) is 0 Å². The highest BCUT2D eigenvalue weighted by Crippen LogP contribution is 2.36. The molecule has 1 saturated carbocycles. The Hall–Kier alpha value is -0.160. The van der Waals surface area contributed by atoms with Gasteiger partial charge in [0.25, 0.3) is 0 Å². The number of nitrogens with zero attached hydrogens (tertiary/aromatic N) is 1. The lowest BCUT2D eigenvalue weighted by Gasteiger charge is -2.44. The van der Waals surface area contributed by atoms with Crippen LogP contribution in [0.2, 0.25) is 0 Å². The molecule has 0 radical (unpaired) electrons. The fourth-order valence-electron chi connectivity index (χ4n) is 3.90. The van der Waals surface area contributed by atoms with Crippen molar-refractivity contribution in [1.82, 2.24) is 10.2 Å². The van der Waals surface area contributed by atoms with E-state index in [-0.39, 0.29) is 12.7 Å². The third-order valence-corrected chi connectivity index (χ3v) is 5.29. The summed E-state index contributed by atoms with van der Waals surface area (Å²) < 4.78 is 5.69. The number of nitrogens with one attached hydrogen (secondary N) is 1. The fourth-order valence-corrected chi connectivity index (χ4v) is 3.90. The average molecular weight is 298 g/mol. The van der Waals surface area contributed by atoms with Crippen LogP contribution in [-0.2, 0) is 4.74 Å². The van der Waals surface area contributed by atoms with Crippen molar-refractivity contribution < 1.29 is 9.84 Å². The van der Waals surface area contributed by atoms with Gasteiger partial charge in [-0.05, 0) is 31.7 Å². The molecule has 1 saturated heterocycles. The van der Waals surface area contributed by atoms with Crippen molar-refractivity contribution in [3.63, 3.8) is 0 Å². The molecule has 0 aromatic carbocycles. The Morgan fingerprint density at radius 2 is 1.95 bits per heavy atom. The molecule has 1 aliphatic carbocycles. The summed E-state index contributed by atoms with van der Waals surface area (Å²) in [6.45, 7) is 9.57. The van der Waals surface area contributed by atoms with E-state index in [1.807, 2.05) is 0 Å². The Morgan fingerprint density at radius 3 is 2.57 bits per heavy atom. The highest BCUT2D eigenvalue weighted by molar-refractivity contribution is 4.90. The van der Waals surface area contributed by atoms with Gasteiger partial charge in [0.1, 0.15) is 0 Å². The Kier molecular flexibility index (Phi) is 6.93. The molecule has 4 nitrogen and oxygen atoms in total. The number of hydrogen-bond donors (Lipinski definition) is 2. The first-order chi connectivity index (χ1) is 10.2. The van der Waals surface area contributed by atoms with Gasteiger partial charge in [-0.25, -0.2) is 0 Å². The second-order valence-electron chi connectivity index (χ2n) is 7.11. The number of hydrogen-bond acceptors (Lipinski definition) is 4. The third kappa shape index (κ3) is 4.92. The van der Waals surface area contributed by atoms with Crippen molar-refractivity contribution in [3.05, 3.63) is 0 Å². The topological polar surface area (TPSA) is 44.7 Å². The van der Waals surface area contributed by atoms with Gasteiger partial charge in [0.15, 0.2) is 0 Å². The maximum Gasteiger partial charge on any atom is 0.0933 e. The molecular weight excluding hydrogens is 264 g/mol. The molecule has 0 amide bonds. The van der Waals surface area contributed by atoms with Gasteiger partial charge < -0.3 is 15.2 Å². The number of aliphatic hydroxyl groups is 1. The summed E-state index contributed by atoms with van der Waals surface area (Å²) in [6, 6.07) is 0.467. The summed E-state index contributed by atoms with van der Waals surface area (Å²) in [6.07, 6.45) is 8.21. The van der Waals surface area contributed by atoms with Gasteiger partial charge in [-0.3, -0.25) is 4.90 Å². The molecule has 4 heteroatoms. The smallest absolute Gasteiger partial charge is 0.0933 e. The van der Waals surface area contributed by atoms with E-state index in [9.17, 15) is 5.11 Å². The third-order valence-electron chi connectivity index (χ3n) is 5.29. The van der Waals surface area contributed by atoms with Crippen LogP contribution in [0.5, 0.6) is 0 Å². The molecule has 0 aromatic rings. The molecule has 21 heavy (non-hydrogen) atoms. The van der Waals surface area contributed by atoms with Crippen LogP contribution in [0, 0.1) is 5.41 Å². The zero-order valence-corrected chi connectivity index (χ0v) is 13.9. The predicted octanol–water partition coefficient (Wildman–Crippen LogP) is 2.02. The van der Waals surface area contributed by atoms with Crippen LogP contribution >= 0.6 is 0 Å². The highest BCUT2D eigenvalue weighted by atomic mass is 16.5. The predicted molar refractivity (Wildman–Crippen MR) is 86.5 cm³/mol. The maximum absolute atomic E-state index is 9.39. The highest BCUT2D eigenvalue weighted by Gasteiger charge is 2.36. The lowest BCUT2D eigenvalue weighted by Crippen LogP contribution is -2.54. The average Bonchev–Trinajstić information content (AvgIpc) is 2.73. The van der Waals surface area contributed by atoms with E-state index in [0.717, 1.165) is 32.8 Å². The second kappa shape index (κ2) is 8.47. The molecule has 0 spiro atoms. The molecule has 2 rings (SSSR count). The SMILES string of the molecule is CCNCC1(CN2CC(CO)OCC2C)CCCCCC1. The van der Waals surface area contributed by atoms with Crippen LogP contribution in [-0.4, -0.2) is 61.5 Å². The molecular formula is C17H34N2O2. The summed E-state index contributed by atoms with van der Waals surface area (Å²) in [5, 5.41) is 13.0. The second-order valence-corrected chi connectivity index (χ2v) is 7.11. The van der Waals surface area contributed by atoms with Crippen LogP contribution in [0.3, 0.4) is 0 Å². The van der Waals surface area contributed by atoms with Crippen molar-refractivity contribution in [1.29, 1.82) is 0 Å². The van der Waals surface area contributed by atoms with Crippen LogP contribution < -0.4 is 5.32 Å². The van der Waals surface area contributed by atoms with Crippen LogP contribution in [0.25, 0.3) is 0 Å². The lowest BCUT2D eigenvalue weighted by atomic mass is 9.79. The number of ether oxygens (including phenoxy) is 1. The molecule has 124 valence electrons. The largest absolute Gasteiger partial charge is 0.394 e. The minimum atomic E-state index is 0.00293. The summed E-state index contributed by atoms with van der Waals surface area (Å²) in [5.74, 6) is 0. The molecule has 2 N–H and O–H groups in total. The van der Waals surface area contributed by atoms with Crippen molar-refractivity contribution in [2.75, 3.05) is 39.4 Å².